The number of hydrogen-bond acceptors (Lipinski definition) is 7. The molecule has 1 unspecified atom stereocenters. The summed E-state index contributed by atoms with van der Waals surface area (Å²) in [7, 11) is 5.11. The van der Waals surface area contributed by atoms with Crippen LogP contribution in [0.3, 0.4) is 0 Å². The molecular formula is C22H30IN7O3. The van der Waals surface area contributed by atoms with Crippen LogP contribution in [-0.2, 0) is 6.42 Å². The van der Waals surface area contributed by atoms with Crippen molar-refractivity contribution in [2.75, 3.05) is 45.8 Å². The standard InChI is InChI=1S/C22H29N7O3.HI/c1-23-22(24-8-6-20-26-21(28-27-20)19-5-4-10-32-19)25-15-7-9-29(14-15)16-11-17(30-2)13-18(12-16)31-3;/h4-5,10-13,15H,6-9,14H2,1-3H3,(H2,23,24,25)(H,26,27,28);1H. The number of aliphatic imine (C=N–C) groups is 1. The molecule has 0 aliphatic carbocycles. The number of rotatable bonds is 8. The van der Waals surface area contributed by atoms with Crippen molar-refractivity contribution in [3.8, 4) is 23.1 Å². The van der Waals surface area contributed by atoms with Crippen LogP contribution in [0.4, 0.5) is 5.69 Å². The Morgan fingerprint density at radius 1 is 1.27 bits per heavy atom. The Morgan fingerprint density at radius 2 is 2.06 bits per heavy atom. The summed E-state index contributed by atoms with van der Waals surface area (Å²) in [5.41, 5.74) is 1.09. The van der Waals surface area contributed by atoms with E-state index in [1.807, 2.05) is 30.3 Å². The van der Waals surface area contributed by atoms with Gasteiger partial charge < -0.3 is 29.4 Å². The number of guanidine groups is 1. The van der Waals surface area contributed by atoms with E-state index in [2.05, 4.69) is 35.7 Å². The molecule has 3 aromatic rings. The van der Waals surface area contributed by atoms with Gasteiger partial charge in [-0.2, -0.15) is 5.10 Å². The molecule has 0 radical (unpaired) electrons. The number of H-pyrrole nitrogens is 1. The fourth-order valence-electron chi connectivity index (χ4n) is 3.70. The Labute approximate surface area is 210 Å². The third kappa shape index (κ3) is 6.30. The summed E-state index contributed by atoms with van der Waals surface area (Å²) in [4.78, 5) is 11.1. The molecule has 10 nitrogen and oxygen atoms in total. The molecule has 0 spiro atoms. The fourth-order valence-corrected chi connectivity index (χ4v) is 3.70. The van der Waals surface area contributed by atoms with Crippen LogP contribution < -0.4 is 25.0 Å². The number of nitrogens with zero attached hydrogens (tertiary/aromatic N) is 4. The van der Waals surface area contributed by atoms with Crippen LogP contribution in [0.5, 0.6) is 11.5 Å². The summed E-state index contributed by atoms with van der Waals surface area (Å²) < 4.78 is 16.1. The van der Waals surface area contributed by atoms with Crippen molar-refractivity contribution in [3.63, 3.8) is 0 Å². The number of methoxy groups -OCH3 is 2. The van der Waals surface area contributed by atoms with Gasteiger partial charge in [0.05, 0.1) is 20.5 Å². The highest BCUT2D eigenvalue weighted by Gasteiger charge is 2.24. The normalized spacial score (nSPS) is 15.8. The highest BCUT2D eigenvalue weighted by molar-refractivity contribution is 14.0. The van der Waals surface area contributed by atoms with Crippen molar-refractivity contribution < 1.29 is 13.9 Å². The van der Waals surface area contributed by atoms with Gasteiger partial charge in [-0.3, -0.25) is 10.1 Å². The molecule has 0 amide bonds. The van der Waals surface area contributed by atoms with Crippen LogP contribution in [0.15, 0.2) is 46.0 Å². The van der Waals surface area contributed by atoms with Gasteiger partial charge in [-0.1, -0.05) is 0 Å². The summed E-state index contributed by atoms with van der Waals surface area (Å²) in [6.45, 7) is 2.49. The maximum atomic E-state index is 5.40. The Hall–Kier alpha value is -2.96. The number of anilines is 1. The van der Waals surface area contributed by atoms with E-state index in [1.54, 1.807) is 27.5 Å². The number of furan rings is 1. The predicted octanol–water partition coefficient (Wildman–Crippen LogP) is 2.69. The van der Waals surface area contributed by atoms with Gasteiger partial charge in [0.15, 0.2) is 11.7 Å². The van der Waals surface area contributed by atoms with Gasteiger partial charge in [-0.25, -0.2) is 4.98 Å². The number of aromatic amines is 1. The molecule has 1 atom stereocenters. The predicted molar refractivity (Wildman–Crippen MR) is 138 cm³/mol. The quantitative estimate of drug-likeness (QED) is 0.217. The van der Waals surface area contributed by atoms with Crippen molar-refractivity contribution in [1.29, 1.82) is 0 Å². The lowest BCUT2D eigenvalue weighted by Crippen LogP contribution is -2.45. The number of ether oxygens (including phenoxy) is 2. The lowest BCUT2D eigenvalue weighted by atomic mass is 10.2. The van der Waals surface area contributed by atoms with Gasteiger partial charge in [0, 0.05) is 63.0 Å². The number of aromatic nitrogens is 3. The van der Waals surface area contributed by atoms with E-state index in [1.165, 1.54) is 0 Å². The topological polar surface area (TPSA) is 113 Å². The zero-order valence-electron chi connectivity index (χ0n) is 19.0. The van der Waals surface area contributed by atoms with Crippen LogP contribution in [0.1, 0.15) is 12.2 Å². The van der Waals surface area contributed by atoms with Gasteiger partial charge in [0.25, 0.3) is 0 Å². The summed E-state index contributed by atoms with van der Waals surface area (Å²) >= 11 is 0. The molecule has 2 aromatic heterocycles. The second kappa shape index (κ2) is 11.8. The lowest BCUT2D eigenvalue weighted by molar-refractivity contribution is 0.394. The van der Waals surface area contributed by atoms with Crippen LogP contribution in [0.2, 0.25) is 0 Å². The molecule has 0 bridgehead atoms. The zero-order valence-corrected chi connectivity index (χ0v) is 21.3. The fraction of sp³-hybridized carbons (Fsp3) is 0.409. The largest absolute Gasteiger partial charge is 0.497 e. The first-order valence-corrected chi connectivity index (χ1v) is 10.6. The molecule has 3 N–H and O–H groups in total. The molecule has 1 saturated heterocycles. The summed E-state index contributed by atoms with van der Waals surface area (Å²) in [5.74, 6) is 4.35. The molecular weight excluding hydrogens is 537 g/mol. The Bertz CT molecular complexity index is 1020. The van der Waals surface area contributed by atoms with Crippen molar-refractivity contribution in [1.82, 2.24) is 25.8 Å². The monoisotopic (exact) mass is 567 g/mol. The number of halogens is 1. The lowest BCUT2D eigenvalue weighted by Gasteiger charge is -2.21. The minimum absolute atomic E-state index is 0. The smallest absolute Gasteiger partial charge is 0.216 e. The third-order valence-corrected chi connectivity index (χ3v) is 5.38. The van der Waals surface area contributed by atoms with E-state index >= 15 is 0 Å². The van der Waals surface area contributed by atoms with Gasteiger partial charge >= 0.3 is 0 Å². The first-order chi connectivity index (χ1) is 15.7. The molecule has 1 aromatic carbocycles. The summed E-state index contributed by atoms with van der Waals surface area (Å²) in [6, 6.07) is 9.89. The van der Waals surface area contributed by atoms with Gasteiger partial charge in [-0.05, 0) is 18.6 Å². The van der Waals surface area contributed by atoms with Crippen LogP contribution in [0, 0.1) is 0 Å². The van der Waals surface area contributed by atoms with Crippen LogP contribution in [-0.4, -0.2) is 68.1 Å². The minimum atomic E-state index is 0. The van der Waals surface area contributed by atoms with E-state index in [9.17, 15) is 0 Å². The Morgan fingerprint density at radius 3 is 2.73 bits per heavy atom. The SMILES string of the molecule is CN=C(NCCc1nc(-c2ccco2)n[nH]1)NC1CCN(c2cc(OC)cc(OC)c2)C1.I. The first-order valence-electron chi connectivity index (χ1n) is 10.6. The Balaban J connectivity index is 0.00000306. The van der Waals surface area contributed by atoms with Crippen LogP contribution >= 0.6 is 24.0 Å². The molecule has 178 valence electrons. The first kappa shape index (κ1) is 24.7. The minimum Gasteiger partial charge on any atom is -0.497 e. The molecule has 0 saturated carbocycles. The summed E-state index contributed by atoms with van der Waals surface area (Å²) in [5, 5.41) is 14.0. The second-order valence-electron chi connectivity index (χ2n) is 7.48. The van der Waals surface area contributed by atoms with Crippen molar-refractivity contribution in [2.24, 2.45) is 4.99 Å². The number of hydrogen-bond donors (Lipinski definition) is 3. The summed E-state index contributed by atoms with van der Waals surface area (Å²) in [6.07, 6.45) is 3.31. The van der Waals surface area contributed by atoms with E-state index in [4.69, 9.17) is 13.9 Å². The van der Waals surface area contributed by atoms with E-state index < -0.39 is 0 Å². The molecule has 33 heavy (non-hydrogen) atoms. The molecule has 3 heterocycles. The maximum Gasteiger partial charge on any atom is 0.216 e. The number of nitrogens with one attached hydrogen (secondary N) is 3. The van der Waals surface area contributed by atoms with E-state index in [0.717, 1.165) is 48.5 Å². The molecule has 4 rings (SSSR count). The van der Waals surface area contributed by atoms with Crippen molar-refractivity contribution in [2.45, 2.75) is 18.9 Å². The molecule has 11 heteroatoms. The highest BCUT2D eigenvalue weighted by atomic mass is 127. The van der Waals surface area contributed by atoms with E-state index in [0.29, 0.717) is 24.6 Å². The van der Waals surface area contributed by atoms with Crippen molar-refractivity contribution in [3.05, 3.63) is 42.4 Å². The second-order valence-corrected chi connectivity index (χ2v) is 7.48. The van der Waals surface area contributed by atoms with Gasteiger partial charge in [0.2, 0.25) is 5.82 Å². The molecule has 1 aliphatic rings. The Kier molecular flexibility index (Phi) is 8.80. The number of benzene rings is 1. The van der Waals surface area contributed by atoms with Crippen LogP contribution in [0.25, 0.3) is 11.6 Å². The van der Waals surface area contributed by atoms with E-state index in [-0.39, 0.29) is 30.0 Å². The third-order valence-electron chi connectivity index (χ3n) is 5.38. The van der Waals surface area contributed by atoms with Crippen molar-refractivity contribution >= 4 is 35.6 Å². The van der Waals surface area contributed by atoms with Gasteiger partial charge in [-0.15, -0.1) is 24.0 Å². The van der Waals surface area contributed by atoms with Gasteiger partial charge in [0.1, 0.15) is 17.3 Å². The zero-order chi connectivity index (χ0) is 22.3. The molecule has 1 fully saturated rings. The maximum absolute atomic E-state index is 5.40. The highest BCUT2D eigenvalue weighted by Crippen LogP contribution is 2.30. The average Bonchev–Trinajstić information content (AvgIpc) is 3.59. The average molecular weight is 567 g/mol. The molecule has 1 aliphatic heterocycles.